The molecule has 0 aliphatic carbocycles. The van der Waals surface area contributed by atoms with Gasteiger partial charge in [0.15, 0.2) is 0 Å². The van der Waals surface area contributed by atoms with Crippen LogP contribution in [0.3, 0.4) is 0 Å². The number of hydrogen-bond donors (Lipinski definition) is 1. The van der Waals surface area contributed by atoms with Crippen molar-refractivity contribution >= 4 is 5.97 Å². The lowest BCUT2D eigenvalue weighted by molar-refractivity contribution is 0.0694. The Hall–Kier alpha value is -2.29. The molecule has 0 aromatic heterocycles. The predicted molar refractivity (Wildman–Crippen MR) is 102 cm³/mol. The Morgan fingerprint density at radius 1 is 0.960 bits per heavy atom. The highest BCUT2D eigenvalue weighted by Gasteiger charge is 2.23. The van der Waals surface area contributed by atoms with Crippen LogP contribution in [0, 0.1) is 0 Å². The van der Waals surface area contributed by atoms with E-state index in [0.717, 1.165) is 11.3 Å². The van der Waals surface area contributed by atoms with Gasteiger partial charge < -0.3 is 9.84 Å². The molecule has 0 saturated carbocycles. The largest absolute Gasteiger partial charge is 0.489 e. The minimum atomic E-state index is -0.932. The van der Waals surface area contributed by atoms with Gasteiger partial charge in [0.2, 0.25) is 0 Å². The second-order valence-corrected chi connectivity index (χ2v) is 8.46. The number of hydrogen-bond acceptors (Lipinski definition) is 2. The molecule has 0 amide bonds. The third-order valence-corrected chi connectivity index (χ3v) is 4.28. The molecule has 2 rings (SSSR count). The Balaban J connectivity index is 2.36. The van der Waals surface area contributed by atoms with Gasteiger partial charge in [0.05, 0.1) is 5.56 Å². The average Bonchev–Trinajstić information content (AvgIpc) is 2.51. The summed E-state index contributed by atoms with van der Waals surface area (Å²) in [6.07, 6.45) is 0. The molecule has 0 saturated heterocycles. The van der Waals surface area contributed by atoms with E-state index in [1.165, 1.54) is 5.56 Å². The van der Waals surface area contributed by atoms with Gasteiger partial charge in [0.25, 0.3) is 0 Å². The van der Waals surface area contributed by atoms with E-state index in [1.54, 1.807) is 18.2 Å². The maximum atomic E-state index is 11.4. The van der Waals surface area contributed by atoms with Crippen LogP contribution in [0.5, 0.6) is 5.75 Å². The fraction of sp³-hybridized carbons (Fsp3) is 0.409. The molecule has 2 aromatic carbocycles. The number of aromatic carboxylic acids is 1. The summed E-state index contributed by atoms with van der Waals surface area (Å²) < 4.78 is 6.04. The van der Waals surface area contributed by atoms with Gasteiger partial charge in [-0.3, -0.25) is 0 Å². The van der Waals surface area contributed by atoms with E-state index >= 15 is 0 Å². The second-order valence-electron chi connectivity index (χ2n) is 8.46. The number of carbonyl (C=O) groups is 1. The Labute approximate surface area is 150 Å². The summed E-state index contributed by atoms with van der Waals surface area (Å²) >= 11 is 0. The highest BCUT2D eigenvalue weighted by molar-refractivity contribution is 5.89. The van der Waals surface area contributed by atoms with Crippen molar-refractivity contribution in [1.82, 2.24) is 0 Å². The molecule has 1 N–H and O–H groups in total. The topological polar surface area (TPSA) is 46.5 Å². The molecule has 0 fully saturated rings. The normalized spacial score (nSPS) is 12.1. The molecule has 0 radical (unpaired) electrons. The van der Waals surface area contributed by atoms with Crippen molar-refractivity contribution in [2.24, 2.45) is 0 Å². The van der Waals surface area contributed by atoms with E-state index in [0.29, 0.717) is 5.56 Å². The minimum Gasteiger partial charge on any atom is -0.489 e. The molecule has 0 bridgehead atoms. The van der Waals surface area contributed by atoms with Crippen molar-refractivity contribution in [2.45, 2.75) is 59.0 Å². The maximum Gasteiger partial charge on any atom is 0.336 e. The first-order valence-electron chi connectivity index (χ1n) is 8.59. The third-order valence-electron chi connectivity index (χ3n) is 4.28. The highest BCUT2D eigenvalue weighted by Crippen LogP contribution is 2.35. The number of rotatable bonds is 4. The lowest BCUT2D eigenvalue weighted by Crippen LogP contribution is -2.18. The van der Waals surface area contributed by atoms with Gasteiger partial charge in [-0.05, 0) is 34.1 Å². The zero-order valence-corrected chi connectivity index (χ0v) is 16.0. The summed E-state index contributed by atoms with van der Waals surface area (Å²) in [5, 5.41) is 9.32. The van der Waals surface area contributed by atoms with Gasteiger partial charge in [-0.25, -0.2) is 4.79 Å². The van der Waals surface area contributed by atoms with E-state index in [4.69, 9.17) is 4.74 Å². The Kier molecular flexibility index (Phi) is 5.26. The molecule has 134 valence electrons. The van der Waals surface area contributed by atoms with Gasteiger partial charge in [-0.15, -0.1) is 0 Å². The van der Waals surface area contributed by atoms with Crippen molar-refractivity contribution in [1.29, 1.82) is 0 Å². The maximum absolute atomic E-state index is 11.4. The molecular weight excluding hydrogens is 312 g/mol. The van der Waals surface area contributed by atoms with Crippen molar-refractivity contribution < 1.29 is 14.6 Å². The molecule has 0 aliphatic rings. The van der Waals surface area contributed by atoms with E-state index in [-0.39, 0.29) is 23.0 Å². The molecule has 0 unspecified atom stereocenters. The van der Waals surface area contributed by atoms with Gasteiger partial charge in [-0.2, -0.15) is 0 Å². The Morgan fingerprint density at radius 2 is 1.60 bits per heavy atom. The number of carboxylic acid groups (broad SMARTS) is 1. The first kappa shape index (κ1) is 19.0. The number of benzene rings is 2. The fourth-order valence-corrected chi connectivity index (χ4v) is 2.72. The van der Waals surface area contributed by atoms with Crippen LogP contribution in [-0.2, 0) is 17.4 Å². The lowest BCUT2D eigenvalue weighted by Gasteiger charge is -2.27. The van der Waals surface area contributed by atoms with Crippen molar-refractivity contribution in [3.05, 3.63) is 64.7 Å². The molecule has 2 aromatic rings. The fourth-order valence-electron chi connectivity index (χ4n) is 2.72. The molecule has 0 spiro atoms. The van der Waals surface area contributed by atoms with Crippen LogP contribution in [0.1, 0.15) is 68.6 Å². The summed E-state index contributed by atoms with van der Waals surface area (Å²) in [5.41, 5.74) is 3.35. The van der Waals surface area contributed by atoms with Crippen molar-refractivity contribution in [3.63, 3.8) is 0 Å². The van der Waals surface area contributed by atoms with Crippen LogP contribution in [-0.4, -0.2) is 11.1 Å². The summed E-state index contributed by atoms with van der Waals surface area (Å²) in [7, 11) is 0. The second kappa shape index (κ2) is 6.91. The Morgan fingerprint density at radius 3 is 2.16 bits per heavy atom. The molecule has 0 atom stereocenters. The average molecular weight is 340 g/mol. The van der Waals surface area contributed by atoms with E-state index < -0.39 is 5.97 Å². The summed E-state index contributed by atoms with van der Waals surface area (Å²) in [5.74, 6) is -0.126. The number of ether oxygens (including phenoxy) is 1. The molecular formula is C22H28O3. The van der Waals surface area contributed by atoms with E-state index in [9.17, 15) is 9.90 Å². The summed E-state index contributed by atoms with van der Waals surface area (Å²) in [6, 6.07) is 13.3. The van der Waals surface area contributed by atoms with Crippen LogP contribution in [0.15, 0.2) is 42.5 Å². The standard InChI is InChI=1S/C22H28O3/c1-21(2,3)16-11-12-19(18(13-16)22(4,5)6)25-14-15-9-7-8-10-17(15)20(23)24/h7-13H,14H2,1-6H3,(H,23,24). The zero-order valence-electron chi connectivity index (χ0n) is 16.0. The van der Waals surface area contributed by atoms with Crippen LogP contribution in [0.25, 0.3) is 0 Å². The molecule has 3 nitrogen and oxygen atoms in total. The third kappa shape index (κ3) is 4.62. The van der Waals surface area contributed by atoms with Crippen LogP contribution in [0.4, 0.5) is 0 Å². The molecule has 0 aliphatic heterocycles. The first-order valence-corrected chi connectivity index (χ1v) is 8.59. The SMILES string of the molecule is CC(C)(C)c1ccc(OCc2ccccc2C(=O)O)c(C(C)(C)C)c1. The van der Waals surface area contributed by atoms with Crippen LogP contribution < -0.4 is 4.74 Å². The highest BCUT2D eigenvalue weighted by atomic mass is 16.5. The number of carboxylic acids is 1. The molecule has 3 heteroatoms. The first-order chi connectivity index (χ1) is 11.5. The predicted octanol–water partition coefficient (Wildman–Crippen LogP) is 5.56. The van der Waals surface area contributed by atoms with Crippen molar-refractivity contribution in [3.8, 4) is 5.75 Å². The van der Waals surface area contributed by atoms with Gasteiger partial charge in [0, 0.05) is 5.56 Å². The van der Waals surface area contributed by atoms with E-state index in [2.05, 4.69) is 53.7 Å². The lowest BCUT2D eigenvalue weighted by atomic mass is 9.80. The molecule has 25 heavy (non-hydrogen) atoms. The summed E-state index contributed by atoms with van der Waals surface area (Å²) in [4.78, 5) is 11.4. The zero-order chi connectivity index (χ0) is 18.8. The Bertz CT molecular complexity index is 762. The minimum absolute atomic E-state index is 0.0639. The van der Waals surface area contributed by atoms with Gasteiger partial charge in [0.1, 0.15) is 12.4 Å². The van der Waals surface area contributed by atoms with Gasteiger partial charge >= 0.3 is 5.97 Å². The molecule has 0 heterocycles. The summed E-state index contributed by atoms with van der Waals surface area (Å²) in [6.45, 7) is 13.3. The smallest absolute Gasteiger partial charge is 0.336 e. The van der Waals surface area contributed by atoms with Crippen LogP contribution in [0.2, 0.25) is 0 Å². The van der Waals surface area contributed by atoms with Gasteiger partial charge in [-0.1, -0.05) is 71.9 Å². The van der Waals surface area contributed by atoms with Crippen LogP contribution >= 0.6 is 0 Å². The van der Waals surface area contributed by atoms with E-state index in [1.807, 2.05) is 12.1 Å². The quantitative estimate of drug-likeness (QED) is 0.792. The monoisotopic (exact) mass is 340 g/mol. The van der Waals surface area contributed by atoms with Crippen molar-refractivity contribution in [2.75, 3.05) is 0 Å².